The van der Waals surface area contributed by atoms with Crippen molar-refractivity contribution < 1.29 is 9.84 Å². The first-order valence-electron chi connectivity index (χ1n) is 6.74. The molecule has 1 aromatic heterocycles. The van der Waals surface area contributed by atoms with Gasteiger partial charge in [0.1, 0.15) is 5.75 Å². The number of hydrogen-bond donors (Lipinski definition) is 2. The van der Waals surface area contributed by atoms with Gasteiger partial charge in [0.15, 0.2) is 0 Å². The van der Waals surface area contributed by atoms with Gasteiger partial charge < -0.3 is 15.2 Å². The third-order valence-corrected chi connectivity index (χ3v) is 3.57. The van der Waals surface area contributed by atoms with E-state index < -0.39 is 0 Å². The maximum absolute atomic E-state index is 9.58. The van der Waals surface area contributed by atoms with Crippen LogP contribution in [0.15, 0.2) is 30.5 Å². The Hall–Kier alpha value is -1.81. The third-order valence-electron chi connectivity index (χ3n) is 3.57. The summed E-state index contributed by atoms with van der Waals surface area (Å²) >= 11 is 0. The predicted octanol–water partition coefficient (Wildman–Crippen LogP) is 2.32. The molecule has 0 amide bonds. The fourth-order valence-electron chi connectivity index (χ4n) is 2.51. The molecule has 0 radical (unpaired) electrons. The van der Waals surface area contributed by atoms with Crippen molar-refractivity contribution in [2.45, 2.75) is 12.8 Å². The standard InChI is InChI=1S/C15H18N2O2/c18-13-4-3-12-5-7-17-15(14(12)8-13)19-10-11-2-1-6-16-9-11/h3-5,7-8,11,16,18H,1-2,6,9-10H2. The number of ether oxygens (including phenoxy) is 1. The minimum absolute atomic E-state index is 0.240. The highest BCUT2D eigenvalue weighted by molar-refractivity contribution is 5.87. The lowest BCUT2D eigenvalue weighted by atomic mass is 10.0. The van der Waals surface area contributed by atoms with Crippen molar-refractivity contribution in [3.8, 4) is 11.6 Å². The summed E-state index contributed by atoms with van der Waals surface area (Å²) in [4.78, 5) is 4.28. The summed E-state index contributed by atoms with van der Waals surface area (Å²) in [6.45, 7) is 2.79. The van der Waals surface area contributed by atoms with Gasteiger partial charge in [-0.3, -0.25) is 0 Å². The Morgan fingerprint density at radius 1 is 1.37 bits per heavy atom. The van der Waals surface area contributed by atoms with E-state index in [1.54, 1.807) is 18.3 Å². The van der Waals surface area contributed by atoms with Crippen molar-refractivity contribution in [2.75, 3.05) is 19.7 Å². The molecule has 2 aromatic rings. The number of phenols is 1. The Morgan fingerprint density at radius 3 is 3.16 bits per heavy atom. The molecule has 1 atom stereocenters. The second-order valence-electron chi connectivity index (χ2n) is 5.04. The van der Waals surface area contributed by atoms with Crippen LogP contribution in [0, 0.1) is 5.92 Å². The average Bonchev–Trinajstić information content (AvgIpc) is 2.46. The lowest BCUT2D eigenvalue weighted by Crippen LogP contribution is -2.33. The van der Waals surface area contributed by atoms with E-state index in [1.807, 2.05) is 12.1 Å². The highest BCUT2D eigenvalue weighted by Gasteiger charge is 2.14. The first-order chi connectivity index (χ1) is 9.33. The highest BCUT2D eigenvalue weighted by atomic mass is 16.5. The van der Waals surface area contributed by atoms with Gasteiger partial charge >= 0.3 is 0 Å². The summed E-state index contributed by atoms with van der Waals surface area (Å²) in [6.07, 6.45) is 4.15. The molecule has 2 N–H and O–H groups in total. The van der Waals surface area contributed by atoms with Gasteiger partial charge in [0.05, 0.1) is 6.61 Å². The zero-order valence-corrected chi connectivity index (χ0v) is 10.8. The van der Waals surface area contributed by atoms with Gasteiger partial charge in [-0.2, -0.15) is 0 Å². The number of rotatable bonds is 3. The molecule has 4 nitrogen and oxygen atoms in total. The first kappa shape index (κ1) is 12.2. The molecule has 3 rings (SSSR count). The van der Waals surface area contributed by atoms with E-state index >= 15 is 0 Å². The quantitative estimate of drug-likeness (QED) is 0.887. The lowest BCUT2D eigenvalue weighted by molar-refractivity contribution is 0.214. The van der Waals surface area contributed by atoms with Crippen LogP contribution < -0.4 is 10.1 Å². The number of pyridine rings is 1. The van der Waals surface area contributed by atoms with Gasteiger partial charge in [-0.25, -0.2) is 4.98 Å². The average molecular weight is 258 g/mol. The molecule has 1 unspecified atom stereocenters. The van der Waals surface area contributed by atoms with Crippen LogP contribution in [-0.2, 0) is 0 Å². The minimum Gasteiger partial charge on any atom is -0.508 e. The van der Waals surface area contributed by atoms with Crippen molar-refractivity contribution in [1.29, 1.82) is 0 Å². The summed E-state index contributed by atoms with van der Waals surface area (Å²) in [5.41, 5.74) is 0. The van der Waals surface area contributed by atoms with Crippen LogP contribution in [0.5, 0.6) is 11.6 Å². The van der Waals surface area contributed by atoms with E-state index in [0.29, 0.717) is 18.4 Å². The molecule has 0 aliphatic carbocycles. The normalized spacial score (nSPS) is 19.5. The van der Waals surface area contributed by atoms with Crippen molar-refractivity contribution in [3.63, 3.8) is 0 Å². The molecule has 1 aliphatic rings. The number of benzene rings is 1. The molecule has 0 saturated carbocycles. The summed E-state index contributed by atoms with van der Waals surface area (Å²) in [5, 5.41) is 14.9. The van der Waals surface area contributed by atoms with E-state index in [4.69, 9.17) is 4.74 Å². The second kappa shape index (κ2) is 5.45. The fourth-order valence-corrected chi connectivity index (χ4v) is 2.51. The summed E-state index contributed by atoms with van der Waals surface area (Å²) < 4.78 is 5.85. The van der Waals surface area contributed by atoms with Gasteiger partial charge in [0, 0.05) is 24.0 Å². The van der Waals surface area contributed by atoms with Crippen LogP contribution in [0.3, 0.4) is 0 Å². The molecule has 4 heteroatoms. The van der Waals surface area contributed by atoms with Crippen molar-refractivity contribution in [1.82, 2.24) is 10.3 Å². The van der Waals surface area contributed by atoms with Crippen molar-refractivity contribution in [2.24, 2.45) is 5.92 Å². The first-order valence-corrected chi connectivity index (χ1v) is 6.74. The van der Waals surface area contributed by atoms with Gasteiger partial charge in [-0.05, 0) is 43.0 Å². The number of fused-ring (bicyclic) bond motifs is 1. The van der Waals surface area contributed by atoms with Crippen LogP contribution >= 0.6 is 0 Å². The van der Waals surface area contributed by atoms with Crippen LogP contribution in [0.2, 0.25) is 0 Å². The Balaban J connectivity index is 1.78. The number of piperidine rings is 1. The van der Waals surface area contributed by atoms with E-state index in [1.165, 1.54) is 12.8 Å². The van der Waals surface area contributed by atoms with Crippen LogP contribution in [0.4, 0.5) is 0 Å². The number of aromatic nitrogens is 1. The summed E-state index contributed by atoms with van der Waals surface area (Å²) in [7, 11) is 0. The zero-order chi connectivity index (χ0) is 13.1. The summed E-state index contributed by atoms with van der Waals surface area (Å²) in [6, 6.07) is 7.18. The molecule has 0 spiro atoms. The zero-order valence-electron chi connectivity index (χ0n) is 10.8. The molecule has 1 saturated heterocycles. The smallest absolute Gasteiger partial charge is 0.221 e. The molecule has 1 fully saturated rings. The number of phenolic OH excluding ortho intramolecular Hbond substituents is 1. The maximum atomic E-state index is 9.58. The monoisotopic (exact) mass is 258 g/mol. The van der Waals surface area contributed by atoms with Gasteiger partial charge in [-0.1, -0.05) is 6.07 Å². The molecule has 19 heavy (non-hydrogen) atoms. The second-order valence-corrected chi connectivity index (χ2v) is 5.04. The Morgan fingerprint density at radius 2 is 2.32 bits per heavy atom. The number of hydrogen-bond acceptors (Lipinski definition) is 4. The van der Waals surface area contributed by atoms with Crippen molar-refractivity contribution >= 4 is 10.8 Å². The van der Waals surface area contributed by atoms with Crippen molar-refractivity contribution in [3.05, 3.63) is 30.5 Å². The van der Waals surface area contributed by atoms with Gasteiger partial charge in [-0.15, -0.1) is 0 Å². The molecule has 1 aliphatic heterocycles. The van der Waals surface area contributed by atoms with E-state index in [2.05, 4.69) is 10.3 Å². The SMILES string of the molecule is Oc1ccc2ccnc(OCC3CCCNC3)c2c1. The number of nitrogens with zero attached hydrogens (tertiary/aromatic N) is 1. The molecule has 1 aromatic carbocycles. The predicted molar refractivity (Wildman–Crippen MR) is 74.5 cm³/mol. The molecule has 0 bridgehead atoms. The number of nitrogens with one attached hydrogen (secondary N) is 1. The van der Waals surface area contributed by atoms with E-state index in [-0.39, 0.29) is 5.75 Å². The molecule has 2 heterocycles. The summed E-state index contributed by atoms with van der Waals surface area (Å²) in [5.74, 6) is 1.40. The lowest BCUT2D eigenvalue weighted by Gasteiger charge is -2.22. The minimum atomic E-state index is 0.240. The number of aromatic hydroxyl groups is 1. The van der Waals surface area contributed by atoms with E-state index in [0.717, 1.165) is 23.9 Å². The topological polar surface area (TPSA) is 54.4 Å². The molecular weight excluding hydrogens is 240 g/mol. The van der Waals surface area contributed by atoms with Crippen LogP contribution in [0.1, 0.15) is 12.8 Å². The highest BCUT2D eigenvalue weighted by Crippen LogP contribution is 2.27. The fraction of sp³-hybridized carbons (Fsp3) is 0.400. The van der Waals surface area contributed by atoms with Crippen LogP contribution in [-0.4, -0.2) is 29.8 Å². The van der Waals surface area contributed by atoms with Crippen LogP contribution in [0.25, 0.3) is 10.8 Å². The largest absolute Gasteiger partial charge is 0.508 e. The Bertz CT molecular complexity index is 565. The Kier molecular flexibility index (Phi) is 3.51. The van der Waals surface area contributed by atoms with Gasteiger partial charge in [0.25, 0.3) is 0 Å². The molecular formula is C15H18N2O2. The molecule has 100 valence electrons. The van der Waals surface area contributed by atoms with E-state index in [9.17, 15) is 5.11 Å². The Labute approximate surface area is 112 Å². The van der Waals surface area contributed by atoms with Gasteiger partial charge in [0.2, 0.25) is 5.88 Å². The third kappa shape index (κ3) is 2.79. The maximum Gasteiger partial charge on any atom is 0.221 e.